The molecule has 0 spiro atoms. The maximum absolute atomic E-state index is 9.47. The molecule has 0 amide bonds. The van der Waals surface area contributed by atoms with E-state index in [1.54, 1.807) is 0 Å². The third-order valence-corrected chi connectivity index (χ3v) is 4.86. The molecule has 0 aromatic heterocycles. The van der Waals surface area contributed by atoms with Crippen LogP contribution in [0.1, 0.15) is 32.3 Å². The van der Waals surface area contributed by atoms with E-state index in [0.717, 1.165) is 11.5 Å². The van der Waals surface area contributed by atoms with Crippen LogP contribution in [0, 0.1) is 0 Å². The predicted octanol–water partition coefficient (Wildman–Crippen LogP) is 4.68. The number of hydrogen-bond acceptors (Lipinski definition) is 3. The maximum Gasteiger partial charge on any atom is 0.0711 e. The Morgan fingerprint density at radius 1 is 1.28 bits per heavy atom. The van der Waals surface area contributed by atoms with Crippen molar-refractivity contribution in [2.45, 2.75) is 38.5 Å². The van der Waals surface area contributed by atoms with Crippen molar-refractivity contribution < 1.29 is 5.11 Å². The Balaban J connectivity index is 2.46. The molecule has 3 heteroatoms. The van der Waals surface area contributed by atoms with Gasteiger partial charge in [0, 0.05) is 9.99 Å². The molecule has 0 aliphatic carbocycles. The fourth-order valence-electron chi connectivity index (χ4n) is 1.38. The zero-order valence-electron chi connectivity index (χ0n) is 11.1. The molecule has 0 aliphatic rings. The summed E-state index contributed by atoms with van der Waals surface area (Å²) >= 11 is 3.68. The molecule has 0 heterocycles. The monoisotopic (exact) mass is 282 g/mol. The van der Waals surface area contributed by atoms with E-state index in [1.165, 1.54) is 22.6 Å². The molecule has 0 saturated carbocycles. The first-order chi connectivity index (χ1) is 8.72. The van der Waals surface area contributed by atoms with E-state index in [9.17, 15) is 5.11 Å². The highest BCUT2D eigenvalue weighted by Gasteiger charge is 2.02. The summed E-state index contributed by atoms with van der Waals surface area (Å²) in [6.07, 6.45) is 4.04. The Labute approximate surface area is 119 Å². The first-order valence-corrected chi connectivity index (χ1v) is 8.39. The lowest BCUT2D eigenvalue weighted by Gasteiger charge is -2.08. The van der Waals surface area contributed by atoms with Crippen LogP contribution < -0.4 is 0 Å². The molecular weight excluding hydrogens is 260 g/mol. The minimum absolute atomic E-state index is 0.364. The number of thioether (sulfide) groups is 2. The predicted molar refractivity (Wildman–Crippen MR) is 84.9 cm³/mol. The number of rotatable bonds is 8. The maximum atomic E-state index is 9.47. The summed E-state index contributed by atoms with van der Waals surface area (Å²) in [4.78, 5) is 0. The van der Waals surface area contributed by atoms with Crippen molar-refractivity contribution in [3.8, 4) is 0 Å². The molecule has 1 atom stereocenters. The molecule has 1 unspecified atom stereocenters. The summed E-state index contributed by atoms with van der Waals surface area (Å²) in [6.45, 7) is 4.01. The van der Waals surface area contributed by atoms with Gasteiger partial charge in [-0.15, -0.1) is 23.5 Å². The van der Waals surface area contributed by atoms with Gasteiger partial charge in [-0.25, -0.2) is 0 Å². The second-order valence-corrected chi connectivity index (χ2v) is 6.61. The molecule has 1 N–H and O–H groups in total. The van der Waals surface area contributed by atoms with Gasteiger partial charge in [0.25, 0.3) is 0 Å². The van der Waals surface area contributed by atoms with E-state index in [2.05, 4.69) is 31.2 Å². The Bertz CT molecular complexity index is 347. The zero-order valence-corrected chi connectivity index (χ0v) is 12.8. The van der Waals surface area contributed by atoms with E-state index in [-0.39, 0.29) is 6.10 Å². The molecule has 0 bridgehead atoms. The third kappa shape index (κ3) is 7.14. The van der Waals surface area contributed by atoms with Crippen molar-refractivity contribution in [3.63, 3.8) is 0 Å². The molecule has 1 rings (SSSR count). The number of hydrogen-bond donors (Lipinski definition) is 1. The molecule has 0 saturated heterocycles. The van der Waals surface area contributed by atoms with Crippen LogP contribution in [0.4, 0.5) is 0 Å². The van der Waals surface area contributed by atoms with E-state index in [1.807, 2.05) is 42.6 Å². The second-order valence-electron chi connectivity index (χ2n) is 4.20. The second kappa shape index (κ2) is 9.54. The lowest BCUT2D eigenvalue weighted by molar-refractivity contribution is 0.244. The molecule has 1 nitrogen and oxygen atoms in total. The Kier molecular flexibility index (Phi) is 8.31. The van der Waals surface area contributed by atoms with Crippen LogP contribution in [-0.4, -0.2) is 17.0 Å². The van der Waals surface area contributed by atoms with Crippen LogP contribution in [0.2, 0.25) is 0 Å². The van der Waals surface area contributed by atoms with Crippen LogP contribution >= 0.6 is 23.5 Å². The zero-order chi connectivity index (χ0) is 13.2. The quantitative estimate of drug-likeness (QED) is 0.699. The van der Waals surface area contributed by atoms with Crippen molar-refractivity contribution in [1.82, 2.24) is 0 Å². The van der Waals surface area contributed by atoms with E-state index < -0.39 is 0 Å². The largest absolute Gasteiger partial charge is 0.389 e. The minimum Gasteiger partial charge on any atom is -0.389 e. The van der Waals surface area contributed by atoms with Gasteiger partial charge < -0.3 is 5.11 Å². The van der Waals surface area contributed by atoms with Gasteiger partial charge in [0.1, 0.15) is 0 Å². The van der Waals surface area contributed by atoms with Crippen LogP contribution in [-0.2, 0) is 5.75 Å². The topological polar surface area (TPSA) is 20.2 Å². The summed E-state index contributed by atoms with van der Waals surface area (Å²) < 4.78 is 1.24. The fourth-order valence-corrected chi connectivity index (χ4v) is 3.86. The first-order valence-electron chi connectivity index (χ1n) is 6.41. The molecule has 1 aromatic rings. The van der Waals surface area contributed by atoms with Crippen molar-refractivity contribution in [2.24, 2.45) is 0 Å². The highest BCUT2D eigenvalue weighted by Crippen LogP contribution is 2.32. The molecule has 0 radical (unpaired) electrons. The van der Waals surface area contributed by atoms with E-state index in [0.29, 0.717) is 0 Å². The van der Waals surface area contributed by atoms with Gasteiger partial charge in [-0.3, -0.25) is 0 Å². The third-order valence-electron chi connectivity index (χ3n) is 2.34. The van der Waals surface area contributed by atoms with Crippen molar-refractivity contribution >= 4 is 23.5 Å². The summed E-state index contributed by atoms with van der Waals surface area (Å²) in [5.74, 6) is 2.11. The average Bonchev–Trinajstić information content (AvgIpc) is 2.37. The van der Waals surface area contributed by atoms with E-state index >= 15 is 0 Å². The Hall–Kier alpha value is -0.380. The molecule has 18 heavy (non-hydrogen) atoms. The Morgan fingerprint density at radius 2 is 2.00 bits per heavy atom. The molecule has 0 aliphatic heterocycles. The van der Waals surface area contributed by atoms with Gasteiger partial charge >= 0.3 is 0 Å². The average molecular weight is 282 g/mol. The van der Waals surface area contributed by atoms with Gasteiger partial charge in [-0.2, -0.15) is 0 Å². The lowest BCUT2D eigenvalue weighted by Crippen LogP contribution is -1.94. The summed E-state index contributed by atoms with van der Waals surface area (Å²) in [5.41, 5.74) is 1.33. The number of aliphatic hydroxyl groups excluding tert-OH is 1. The van der Waals surface area contributed by atoms with Gasteiger partial charge in [-0.05, 0) is 30.7 Å². The van der Waals surface area contributed by atoms with Gasteiger partial charge in [0.15, 0.2) is 0 Å². The summed E-state index contributed by atoms with van der Waals surface area (Å²) in [7, 11) is 0. The lowest BCUT2D eigenvalue weighted by atomic mass is 10.2. The SMILES string of the molecule is CCCCS/C(=C/C(C)O)SCc1ccccc1. The van der Waals surface area contributed by atoms with Crippen LogP contribution in [0.15, 0.2) is 40.6 Å². The molecule has 100 valence electrons. The molecule has 1 aromatic carbocycles. The highest BCUT2D eigenvalue weighted by molar-refractivity contribution is 8.21. The normalized spacial score (nSPS) is 13.6. The summed E-state index contributed by atoms with van der Waals surface area (Å²) in [6, 6.07) is 10.5. The van der Waals surface area contributed by atoms with Crippen LogP contribution in [0.3, 0.4) is 0 Å². The standard InChI is InChI=1S/C15H22OS2/c1-3-4-10-17-15(11-13(2)16)18-12-14-8-6-5-7-9-14/h5-9,11,13,16H,3-4,10,12H2,1-2H3/b15-11-. The Morgan fingerprint density at radius 3 is 2.61 bits per heavy atom. The van der Waals surface area contributed by atoms with Gasteiger partial charge in [-0.1, -0.05) is 43.7 Å². The molecular formula is C15H22OS2. The first kappa shape index (κ1) is 15.7. The smallest absolute Gasteiger partial charge is 0.0711 e. The van der Waals surface area contributed by atoms with Crippen LogP contribution in [0.25, 0.3) is 0 Å². The van der Waals surface area contributed by atoms with E-state index in [4.69, 9.17) is 0 Å². The molecule has 0 fully saturated rings. The summed E-state index contributed by atoms with van der Waals surface area (Å²) in [5, 5.41) is 9.47. The van der Waals surface area contributed by atoms with Crippen molar-refractivity contribution in [2.75, 3.05) is 5.75 Å². The fraction of sp³-hybridized carbons (Fsp3) is 0.467. The number of unbranched alkanes of at least 4 members (excludes halogenated alkanes) is 1. The van der Waals surface area contributed by atoms with Crippen molar-refractivity contribution in [3.05, 3.63) is 46.2 Å². The van der Waals surface area contributed by atoms with Gasteiger partial charge in [0.05, 0.1) is 6.10 Å². The number of aliphatic hydroxyl groups is 1. The van der Waals surface area contributed by atoms with Gasteiger partial charge in [0.2, 0.25) is 0 Å². The number of benzene rings is 1. The highest BCUT2D eigenvalue weighted by atomic mass is 32.2. The van der Waals surface area contributed by atoms with Crippen molar-refractivity contribution in [1.29, 1.82) is 0 Å². The van der Waals surface area contributed by atoms with Crippen LogP contribution in [0.5, 0.6) is 0 Å². The minimum atomic E-state index is -0.364.